The lowest BCUT2D eigenvalue weighted by Gasteiger charge is -2.18. The Morgan fingerprint density at radius 2 is 1.95 bits per heavy atom. The number of aromatic nitrogens is 1. The summed E-state index contributed by atoms with van der Waals surface area (Å²) in [5.41, 5.74) is 4.71. The van der Waals surface area contributed by atoms with Crippen LogP contribution in [-0.2, 0) is 13.1 Å². The number of nitrogens with zero attached hydrogens (tertiary/aromatic N) is 2. The average Bonchev–Trinajstić information content (AvgIpc) is 3.10. The van der Waals surface area contributed by atoms with Gasteiger partial charge in [-0.05, 0) is 51.4 Å². The molecule has 1 aromatic carbocycles. The highest BCUT2D eigenvalue weighted by atomic mass is 16.5. The summed E-state index contributed by atoms with van der Waals surface area (Å²) in [6.45, 7) is 8.19. The summed E-state index contributed by atoms with van der Waals surface area (Å²) in [5, 5.41) is 7.56. The van der Waals surface area contributed by atoms with Gasteiger partial charge in [0.15, 0.2) is 0 Å². The molecule has 0 bridgehead atoms. The number of hydrogen-bond donors (Lipinski definition) is 1. The normalized spacial score (nSPS) is 15.5. The van der Waals surface area contributed by atoms with E-state index in [1.165, 1.54) is 37.2 Å². The van der Waals surface area contributed by atoms with Gasteiger partial charge in [0.05, 0.1) is 5.69 Å². The summed E-state index contributed by atoms with van der Waals surface area (Å²) in [6, 6.07) is 8.58. The molecule has 0 amide bonds. The number of para-hydroxylation sites is 1. The second kappa shape index (κ2) is 6.31. The number of aryl methyl sites for hydroxylation is 2. The molecule has 2 aromatic rings. The van der Waals surface area contributed by atoms with Crippen LogP contribution in [0, 0.1) is 13.8 Å². The summed E-state index contributed by atoms with van der Waals surface area (Å²) in [4.78, 5) is 2.52. The van der Waals surface area contributed by atoms with E-state index in [0.29, 0.717) is 0 Å². The van der Waals surface area contributed by atoms with Gasteiger partial charge in [-0.25, -0.2) is 0 Å². The topological polar surface area (TPSA) is 41.3 Å². The van der Waals surface area contributed by atoms with Gasteiger partial charge in [0, 0.05) is 24.3 Å². The molecule has 0 radical (unpaired) electrons. The summed E-state index contributed by atoms with van der Waals surface area (Å²) < 4.78 is 5.22. The first-order valence-electron chi connectivity index (χ1n) is 7.70. The maximum absolute atomic E-state index is 5.22. The maximum atomic E-state index is 5.22. The molecule has 1 aliphatic heterocycles. The van der Waals surface area contributed by atoms with Crippen LogP contribution in [0.5, 0.6) is 0 Å². The quantitative estimate of drug-likeness (QED) is 0.913. The molecule has 3 rings (SSSR count). The van der Waals surface area contributed by atoms with Gasteiger partial charge in [0.1, 0.15) is 5.76 Å². The summed E-state index contributed by atoms with van der Waals surface area (Å²) in [5.74, 6) is 0.900. The van der Waals surface area contributed by atoms with Gasteiger partial charge in [-0.3, -0.25) is 4.90 Å². The molecule has 0 unspecified atom stereocenters. The molecule has 1 fully saturated rings. The summed E-state index contributed by atoms with van der Waals surface area (Å²) >= 11 is 0. The third kappa shape index (κ3) is 3.27. The van der Waals surface area contributed by atoms with Crippen molar-refractivity contribution in [1.29, 1.82) is 0 Å². The van der Waals surface area contributed by atoms with Gasteiger partial charge in [0.2, 0.25) is 0 Å². The van der Waals surface area contributed by atoms with E-state index >= 15 is 0 Å². The van der Waals surface area contributed by atoms with E-state index < -0.39 is 0 Å². The molecule has 1 saturated heterocycles. The van der Waals surface area contributed by atoms with Crippen LogP contribution in [0.1, 0.15) is 35.4 Å². The lowest BCUT2D eigenvalue weighted by Crippen LogP contribution is -2.19. The highest BCUT2D eigenvalue weighted by molar-refractivity contribution is 5.51. The van der Waals surface area contributed by atoms with Crippen molar-refractivity contribution >= 4 is 5.69 Å². The lowest BCUT2D eigenvalue weighted by molar-refractivity contribution is 0.332. The van der Waals surface area contributed by atoms with E-state index in [0.717, 1.165) is 30.1 Å². The Balaban J connectivity index is 1.70. The van der Waals surface area contributed by atoms with Crippen molar-refractivity contribution in [2.75, 3.05) is 18.4 Å². The van der Waals surface area contributed by atoms with E-state index in [1.807, 2.05) is 13.8 Å². The Labute approximate surface area is 126 Å². The van der Waals surface area contributed by atoms with Crippen LogP contribution in [0.3, 0.4) is 0 Å². The summed E-state index contributed by atoms with van der Waals surface area (Å²) in [7, 11) is 0. The van der Waals surface area contributed by atoms with Crippen LogP contribution in [0.4, 0.5) is 5.69 Å². The summed E-state index contributed by atoms with van der Waals surface area (Å²) in [6.07, 6.45) is 2.66. The first-order chi connectivity index (χ1) is 10.2. The van der Waals surface area contributed by atoms with Crippen molar-refractivity contribution in [3.05, 3.63) is 46.8 Å². The van der Waals surface area contributed by atoms with Gasteiger partial charge >= 0.3 is 0 Å². The molecule has 4 nitrogen and oxygen atoms in total. The minimum atomic E-state index is 0.762. The maximum Gasteiger partial charge on any atom is 0.138 e. The first kappa shape index (κ1) is 14.1. The predicted molar refractivity (Wildman–Crippen MR) is 84.3 cm³/mol. The van der Waals surface area contributed by atoms with Crippen molar-refractivity contribution in [1.82, 2.24) is 10.1 Å². The highest BCUT2D eigenvalue weighted by Gasteiger charge is 2.14. The molecular formula is C17H23N3O. The Morgan fingerprint density at radius 3 is 2.67 bits per heavy atom. The minimum absolute atomic E-state index is 0.762. The van der Waals surface area contributed by atoms with E-state index in [1.54, 1.807) is 0 Å². The van der Waals surface area contributed by atoms with Crippen LogP contribution < -0.4 is 5.32 Å². The fourth-order valence-electron chi connectivity index (χ4n) is 2.95. The van der Waals surface area contributed by atoms with Crippen molar-refractivity contribution in [3.8, 4) is 0 Å². The predicted octanol–water partition coefficient (Wildman–Crippen LogP) is 3.50. The molecule has 0 spiro atoms. The SMILES string of the molecule is Cc1noc(C)c1CNc1ccccc1CN1CCCC1. The van der Waals surface area contributed by atoms with E-state index in [2.05, 4.69) is 39.6 Å². The smallest absolute Gasteiger partial charge is 0.138 e. The largest absolute Gasteiger partial charge is 0.380 e. The van der Waals surface area contributed by atoms with Crippen LogP contribution in [-0.4, -0.2) is 23.1 Å². The number of likely N-dealkylation sites (tertiary alicyclic amines) is 1. The fourth-order valence-corrected chi connectivity index (χ4v) is 2.95. The Bertz CT molecular complexity index is 580. The van der Waals surface area contributed by atoms with Crippen molar-refractivity contribution in [3.63, 3.8) is 0 Å². The molecule has 0 saturated carbocycles. The third-order valence-corrected chi connectivity index (χ3v) is 4.25. The second-order valence-electron chi connectivity index (χ2n) is 5.80. The molecule has 0 atom stereocenters. The molecule has 112 valence electrons. The number of benzene rings is 1. The van der Waals surface area contributed by atoms with Crippen molar-refractivity contribution < 1.29 is 4.52 Å². The third-order valence-electron chi connectivity index (χ3n) is 4.25. The fraction of sp³-hybridized carbons (Fsp3) is 0.471. The molecule has 1 aliphatic rings. The standard InChI is InChI=1S/C17H23N3O/c1-13-16(14(2)21-19-13)11-18-17-8-4-3-7-15(17)12-20-9-5-6-10-20/h3-4,7-8,18H,5-6,9-12H2,1-2H3. The molecule has 0 aliphatic carbocycles. The van der Waals surface area contributed by atoms with Gasteiger partial charge in [-0.1, -0.05) is 23.4 Å². The molecule has 4 heteroatoms. The van der Waals surface area contributed by atoms with Gasteiger partial charge < -0.3 is 9.84 Å². The molecular weight excluding hydrogens is 262 g/mol. The number of rotatable bonds is 5. The number of nitrogens with one attached hydrogen (secondary N) is 1. The Hall–Kier alpha value is -1.81. The van der Waals surface area contributed by atoms with Crippen LogP contribution in [0.25, 0.3) is 0 Å². The Morgan fingerprint density at radius 1 is 1.19 bits per heavy atom. The van der Waals surface area contributed by atoms with Gasteiger partial charge in [-0.15, -0.1) is 0 Å². The number of anilines is 1. The zero-order valence-electron chi connectivity index (χ0n) is 12.9. The number of hydrogen-bond acceptors (Lipinski definition) is 4. The minimum Gasteiger partial charge on any atom is -0.380 e. The van der Waals surface area contributed by atoms with Crippen molar-refractivity contribution in [2.45, 2.75) is 39.8 Å². The van der Waals surface area contributed by atoms with E-state index in [-0.39, 0.29) is 0 Å². The molecule has 21 heavy (non-hydrogen) atoms. The zero-order valence-corrected chi connectivity index (χ0v) is 12.9. The van der Waals surface area contributed by atoms with Gasteiger partial charge in [0.25, 0.3) is 0 Å². The van der Waals surface area contributed by atoms with Gasteiger partial charge in [-0.2, -0.15) is 0 Å². The lowest BCUT2D eigenvalue weighted by atomic mass is 10.1. The monoisotopic (exact) mass is 285 g/mol. The molecule has 2 heterocycles. The first-order valence-corrected chi connectivity index (χ1v) is 7.70. The van der Waals surface area contributed by atoms with E-state index in [4.69, 9.17) is 4.52 Å². The second-order valence-corrected chi connectivity index (χ2v) is 5.80. The average molecular weight is 285 g/mol. The van der Waals surface area contributed by atoms with Crippen LogP contribution in [0.15, 0.2) is 28.8 Å². The molecule has 1 aromatic heterocycles. The Kier molecular flexibility index (Phi) is 4.25. The molecule has 1 N–H and O–H groups in total. The zero-order chi connectivity index (χ0) is 14.7. The van der Waals surface area contributed by atoms with Crippen LogP contribution in [0.2, 0.25) is 0 Å². The van der Waals surface area contributed by atoms with Crippen LogP contribution >= 0.6 is 0 Å². The van der Waals surface area contributed by atoms with E-state index in [9.17, 15) is 0 Å². The highest BCUT2D eigenvalue weighted by Crippen LogP contribution is 2.21. The van der Waals surface area contributed by atoms with Crippen molar-refractivity contribution in [2.24, 2.45) is 0 Å².